The molecule has 7 nitrogen and oxygen atoms in total. The van der Waals surface area contributed by atoms with Crippen molar-refractivity contribution >= 4 is 38.9 Å². The summed E-state index contributed by atoms with van der Waals surface area (Å²) in [4.78, 5) is 46.0. The van der Waals surface area contributed by atoms with Crippen LogP contribution in [0.5, 0.6) is 5.75 Å². The lowest BCUT2D eigenvalue weighted by molar-refractivity contribution is -0.121. The Morgan fingerprint density at radius 1 is 1.28 bits per heavy atom. The number of fused-ring (bicyclic) bond motifs is 4. The number of thiophene rings is 1. The molecule has 0 unspecified atom stereocenters. The Balaban J connectivity index is 1.48. The number of Topliss-reactive ketones (excluding diaryl/α,β-unsaturated/α-hetero) is 1. The van der Waals surface area contributed by atoms with Crippen LogP contribution >= 0.6 is 11.3 Å². The van der Waals surface area contributed by atoms with Crippen molar-refractivity contribution in [2.75, 3.05) is 18.1 Å². The molecule has 3 heterocycles. The molecule has 0 saturated heterocycles. The van der Waals surface area contributed by atoms with Gasteiger partial charge in [0.05, 0.1) is 23.9 Å². The maximum Gasteiger partial charge on any atom is 0.265 e. The number of hydrogen-bond acceptors (Lipinski definition) is 6. The molecular weight excluding hydrogens is 390 g/mol. The van der Waals surface area contributed by atoms with E-state index in [1.807, 2.05) is 6.92 Å². The summed E-state index contributed by atoms with van der Waals surface area (Å²) in [5, 5.41) is 0.666. The molecule has 1 amide bonds. The Kier molecular flexibility index (Phi) is 4.24. The number of carbonyl (C=O) groups excluding carboxylic acids is 2. The second-order valence-electron chi connectivity index (χ2n) is 7.25. The van der Waals surface area contributed by atoms with Gasteiger partial charge in [0.1, 0.15) is 10.6 Å². The van der Waals surface area contributed by atoms with E-state index in [0.29, 0.717) is 28.9 Å². The molecule has 0 radical (unpaired) electrons. The smallest absolute Gasteiger partial charge is 0.265 e. The van der Waals surface area contributed by atoms with Gasteiger partial charge in [-0.1, -0.05) is 0 Å². The first kappa shape index (κ1) is 18.1. The highest BCUT2D eigenvalue weighted by Gasteiger charge is 2.26. The van der Waals surface area contributed by atoms with Crippen molar-refractivity contribution in [2.45, 2.75) is 32.7 Å². The number of aromatic nitrogens is 2. The van der Waals surface area contributed by atoms with E-state index in [-0.39, 0.29) is 30.4 Å². The fourth-order valence-electron chi connectivity index (χ4n) is 4.10. The molecule has 2 aromatic heterocycles. The highest BCUT2D eigenvalue weighted by Crippen LogP contribution is 2.35. The highest BCUT2D eigenvalue weighted by atomic mass is 32.1. The fraction of sp³-hybridized carbons (Fsp3) is 0.333. The van der Waals surface area contributed by atoms with E-state index in [9.17, 15) is 14.4 Å². The summed E-state index contributed by atoms with van der Waals surface area (Å²) in [5.41, 5.74) is 1.97. The Labute approximate surface area is 170 Å². The van der Waals surface area contributed by atoms with Gasteiger partial charge in [-0.2, -0.15) is 0 Å². The number of ether oxygens (including phenoxy) is 1. The van der Waals surface area contributed by atoms with Gasteiger partial charge < -0.3 is 9.64 Å². The van der Waals surface area contributed by atoms with Crippen molar-refractivity contribution < 1.29 is 14.3 Å². The molecule has 0 fully saturated rings. The predicted octanol–water partition coefficient (Wildman–Crippen LogP) is 2.57. The van der Waals surface area contributed by atoms with E-state index < -0.39 is 0 Å². The van der Waals surface area contributed by atoms with Gasteiger partial charge in [-0.3, -0.25) is 19.0 Å². The van der Waals surface area contributed by atoms with Crippen LogP contribution in [0.25, 0.3) is 10.2 Å². The molecule has 0 bridgehead atoms. The van der Waals surface area contributed by atoms with Gasteiger partial charge in [0.25, 0.3) is 11.5 Å². The topological polar surface area (TPSA) is 81.5 Å². The second kappa shape index (κ2) is 6.81. The van der Waals surface area contributed by atoms with Crippen LogP contribution in [0.4, 0.5) is 5.69 Å². The Morgan fingerprint density at radius 2 is 2.14 bits per heavy atom. The number of anilines is 1. The first-order valence-electron chi connectivity index (χ1n) is 9.67. The highest BCUT2D eigenvalue weighted by molar-refractivity contribution is 7.18. The van der Waals surface area contributed by atoms with Crippen LogP contribution in [0.1, 0.15) is 34.1 Å². The van der Waals surface area contributed by atoms with Crippen LogP contribution in [0, 0.1) is 0 Å². The summed E-state index contributed by atoms with van der Waals surface area (Å²) in [6, 6.07) is 5.04. The summed E-state index contributed by atoms with van der Waals surface area (Å²) in [7, 11) is 0. The SMILES string of the molecule is CCN1C(=O)COc2ccc(C(=O)Cn3cnc4sc5c(c4c3=O)CCC5)cc21. The minimum Gasteiger partial charge on any atom is -0.482 e. The number of aryl methyl sites for hydroxylation is 2. The molecular formula is C21H19N3O4S. The predicted molar refractivity (Wildman–Crippen MR) is 110 cm³/mol. The normalized spacial score (nSPS) is 15.3. The molecule has 1 aromatic carbocycles. The van der Waals surface area contributed by atoms with Gasteiger partial charge in [-0.05, 0) is 49.9 Å². The fourth-order valence-corrected chi connectivity index (χ4v) is 5.32. The Hall–Kier alpha value is -3.00. The number of amides is 1. The van der Waals surface area contributed by atoms with Crippen LogP contribution in [-0.2, 0) is 24.2 Å². The van der Waals surface area contributed by atoms with E-state index in [4.69, 9.17) is 4.74 Å². The van der Waals surface area contributed by atoms with Crippen LogP contribution in [0.15, 0.2) is 29.3 Å². The molecule has 0 N–H and O–H groups in total. The summed E-state index contributed by atoms with van der Waals surface area (Å²) in [5.74, 6) is 0.232. The van der Waals surface area contributed by atoms with Gasteiger partial charge in [0.15, 0.2) is 12.4 Å². The largest absolute Gasteiger partial charge is 0.482 e. The molecule has 148 valence electrons. The van der Waals surface area contributed by atoms with E-state index >= 15 is 0 Å². The number of carbonyl (C=O) groups is 2. The summed E-state index contributed by atoms with van der Waals surface area (Å²) >= 11 is 1.58. The van der Waals surface area contributed by atoms with Crippen molar-refractivity contribution in [3.05, 3.63) is 50.9 Å². The van der Waals surface area contributed by atoms with Crippen molar-refractivity contribution in [3.8, 4) is 5.75 Å². The number of rotatable bonds is 4. The van der Waals surface area contributed by atoms with Crippen molar-refractivity contribution in [2.24, 2.45) is 0 Å². The molecule has 1 aliphatic carbocycles. The molecule has 0 atom stereocenters. The van der Waals surface area contributed by atoms with E-state index in [2.05, 4.69) is 4.98 Å². The third-order valence-corrected chi connectivity index (χ3v) is 6.75. The number of benzene rings is 1. The lowest BCUT2D eigenvalue weighted by atomic mass is 10.1. The molecule has 8 heteroatoms. The van der Waals surface area contributed by atoms with Gasteiger partial charge >= 0.3 is 0 Å². The van der Waals surface area contributed by atoms with Gasteiger partial charge in [0.2, 0.25) is 0 Å². The zero-order valence-corrected chi connectivity index (χ0v) is 16.8. The van der Waals surface area contributed by atoms with Crippen LogP contribution in [0.3, 0.4) is 0 Å². The van der Waals surface area contributed by atoms with Crippen LogP contribution in [0.2, 0.25) is 0 Å². The molecule has 1 aliphatic heterocycles. The zero-order chi connectivity index (χ0) is 20.1. The van der Waals surface area contributed by atoms with Crippen LogP contribution < -0.4 is 15.2 Å². The number of ketones is 1. The zero-order valence-electron chi connectivity index (χ0n) is 15.9. The summed E-state index contributed by atoms with van der Waals surface area (Å²) in [6.45, 7) is 2.28. The monoisotopic (exact) mass is 409 g/mol. The Morgan fingerprint density at radius 3 is 2.97 bits per heavy atom. The lowest BCUT2D eigenvalue weighted by Crippen LogP contribution is -2.38. The average molecular weight is 409 g/mol. The van der Waals surface area contributed by atoms with Crippen LogP contribution in [-0.4, -0.2) is 34.4 Å². The standard InChI is InChI=1S/C21H19N3O4S/c1-2-24-14-8-12(6-7-16(14)28-10-18(24)26)15(25)9-23-11-22-20-19(21(23)27)13-4-3-5-17(13)29-20/h6-8,11H,2-5,9-10H2,1H3. The molecule has 29 heavy (non-hydrogen) atoms. The number of nitrogens with zero attached hydrogens (tertiary/aromatic N) is 3. The summed E-state index contributed by atoms with van der Waals surface area (Å²) < 4.78 is 6.84. The van der Waals surface area contributed by atoms with Crippen molar-refractivity contribution in [3.63, 3.8) is 0 Å². The molecule has 5 rings (SSSR count). The first-order chi connectivity index (χ1) is 14.1. The Bertz CT molecular complexity index is 1230. The summed E-state index contributed by atoms with van der Waals surface area (Å²) in [6.07, 6.45) is 4.42. The first-order valence-corrected chi connectivity index (χ1v) is 10.5. The third-order valence-electron chi connectivity index (χ3n) is 5.55. The number of hydrogen-bond donors (Lipinski definition) is 0. The second-order valence-corrected chi connectivity index (χ2v) is 8.33. The molecule has 2 aliphatic rings. The molecule has 0 spiro atoms. The minimum atomic E-state index is -0.211. The molecule has 0 saturated carbocycles. The number of likely N-dealkylation sites (N-methyl/N-ethyl adjacent to an activating group) is 1. The minimum absolute atomic E-state index is 0.000171. The van der Waals surface area contributed by atoms with Crippen molar-refractivity contribution in [1.82, 2.24) is 9.55 Å². The maximum absolute atomic E-state index is 13.0. The third kappa shape index (κ3) is 2.86. The van der Waals surface area contributed by atoms with Gasteiger partial charge in [0, 0.05) is 17.0 Å². The van der Waals surface area contributed by atoms with Gasteiger partial charge in [-0.25, -0.2) is 4.98 Å². The van der Waals surface area contributed by atoms with E-state index in [1.54, 1.807) is 34.4 Å². The van der Waals surface area contributed by atoms with E-state index in [0.717, 1.165) is 29.7 Å². The van der Waals surface area contributed by atoms with Crippen molar-refractivity contribution in [1.29, 1.82) is 0 Å². The average Bonchev–Trinajstić information content (AvgIpc) is 3.30. The quantitative estimate of drug-likeness (QED) is 0.619. The van der Waals surface area contributed by atoms with E-state index in [1.165, 1.54) is 15.8 Å². The lowest BCUT2D eigenvalue weighted by Gasteiger charge is -2.28. The molecule has 3 aromatic rings. The maximum atomic E-state index is 13.0. The van der Waals surface area contributed by atoms with Gasteiger partial charge in [-0.15, -0.1) is 11.3 Å².